The first-order valence-electron chi connectivity index (χ1n) is 5.78. The fourth-order valence-electron chi connectivity index (χ4n) is 2.28. The molecular formula is C11H12N2O5S. The van der Waals surface area contributed by atoms with Crippen molar-refractivity contribution in [2.45, 2.75) is 24.9 Å². The molecule has 19 heavy (non-hydrogen) atoms. The molecule has 1 aliphatic rings. The smallest absolute Gasteiger partial charge is 0.331 e. The number of aromatic nitrogens is 2. The molecule has 1 aliphatic heterocycles. The lowest BCUT2D eigenvalue weighted by atomic mass is 10.2. The van der Waals surface area contributed by atoms with Crippen molar-refractivity contribution in [3.63, 3.8) is 0 Å². The van der Waals surface area contributed by atoms with Gasteiger partial charge in [0.05, 0.1) is 18.1 Å². The van der Waals surface area contributed by atoms with Gasteiger partial charge in [0.25, 0.3) is 5.56 Å². The van der Waals surface area contributed by atoms with Gasteiger partial charge in [-0.3, -0.25) is 14.3 Å². The molecule has 2 aromatic rings. The minimum atomic E-state index is -0.830. The average molecular weight is 284 g/mol. The lowest BCUT2D eigenvalue weighted by Gasteiger charge is -2.15. The Bertz CT molecular complexity index is 718. The zero-order valence-corrected chi connectivity index (χ0v) is 10.6. The van der Waals surface area contributed by atoms with Crippen LogP contribution in [0.1, 0.15) is 12.6 Å². The van der Waals surface area contributed by atoms with Crippen LogP contribution in [0.5, 0.6) is 0 Å². The number of H-pyrrole nitrogens is 1. The fourth-order valence-corrected chi connectivity index (χ4v) is 3.21. The summed E-state index contributed by atoms with van der Waals surface area (Å²) in [7, 11) is 0. The number of aliphatic hydroxyl groups is 2. The van der Waals surface area contributed by atoms with Gasteiger partial charge in [0.1, 0.15) is 17.2 Å². The number of nitrogens with zero attached hydrogens (tertiary/aromatic N) is 1. The van der Waals surface area contributed by atoms with Gasteiger partial charge in [-0.2, -0.15) is 0 Å². The molecule has 0 bridgehead atoms. The lowest BCUT2D eigenvalue weighted by Crippen LogP contribution is -2.32. The van der Waals surface area contributed by atoms with E-state index in [-0.39, 0.29) is 13.0 Å². The van der Waals surface area contributed by atoms with Crippen molar-refractivity contribution >= 4 is 21.6 Å². The van der Waals surface area contributed by atoms with Crippen LogP contribution >= 0.6 is 11.3 Å². The molecule has 3 atom stereocenters. The van der Waals surface area contributed by atoms with Crippen LogP contribution in [-0.2, 0) is 4.74 Å². The van der Waals surface area contributed by atoms with Crippen molar-refractivity contribution in [2.24, 2.45) is 0 Å². The number of ether oxygens (including phenoxy) is 1. The van der Waals surface area contributed by atoms with Crippen LogP contribution in [0.15, 0.2) is 21.0 Å². The monoisotopic (exact) mass is 284 g/mol. The van der Waals surface area contributed by atoms with Crippen LogP contribution in [0, 0.1) is 0 Å². The van der Waals surface area contributed by atoms with Gasteiger partial charge in [-0.15, -0.1) is 11.3 Å². The first-order valence-corrected chi connectivity index (χ1v) is 6.66. The van der Waals surface area contributed by atoms with Crippen LogP contribution in [0.2, 0.25) is 0 Å². The quantitative estimate of drug-likeness (QED) is 0.682. The van der Waals surface area contributed by atoms with Crippen molar-refractivity contribution in [1.29, 1.82) is 0 Å². The van der Waals surface area contributed by atoms with E-state index in [0.717, 1.165) is 0 Å². The van der Waals surface area contributed by atoms with Gasteiger partial charge in [0, 0.05) is 6.42 Å². The summed E-state index contributed by atoms with van der Waals surface area (Å²) in [4.78, 5) is 26.3. The Morgan fingerprint density at radius 1 is 1.53 bits per heavy atom. The van der Waals surface area contributed by atoms with Gasteiger partial charge < -0.3 is 14.9 Å². The van der Waals surface area contributed by atoms with Crippen molar-refractivity contribution < 1.29 is 14.9 Å². The molecule has 8 heteroatoms. The lowest BCUT2D eigenvalue weighted by molar-refractivity contribution is -0.0442. The van der Waals surface area contributed by atoms with Crippen LogP contribution < -0.4 is 11.2 Å². The van der Waals surface area contributed by atoms with E-state index < -0.39 is 29.7 Å². The zero-order valence-electron chi connectivity index (χ0n) is 9.78. The van der Waals surface area contributed by atoms with Crippen LogP contribution in [0.3, 0.4) is 0 Å². The van der Waals surface area contributed by atoms with E-state index in [1.807, 2.05) is 0 Å². The minimum absolute atomic E-state index is 0.199. The summed E-state index contributed by atoms with van der Waals surface area (Å²) in [6.45, 7) is -0.316. The number of nitrogens with one attached hydrogen (secondary N) is 1. The maximum atomic E-state index is 11.9. The van der Waals surface area contributed by atoms with Gasteiger partial charge in [-0.25, -0.2) is 4.79 Å². The molecule has 3 rings (SSSR count). The molecular weight excluding hydrogens is 272 g/mol. The van der Waals surface area contributed by atoms with Crippen LogP contribution in [-0.4, -0.2) is 38.6 Å². The molecule has 0 spiro atoms. The molecule has 3 N–H and O–H groups in total. The Morgan fingerprint density at radius 3 is 3.00 bits per heavy atom. The highest BCUT2D eigenvalue weighted by Crippen LogP contribution is 2.30. The van der Waals surface area contributed by atoms with Gasteiger partial charge >= 0.3 is 5.69 Å². The predicted octanol–water partition coefficient (Wildman–Crippen LogP) is -0.608. The summed E-state index contributed by atoms with van der Waals surface area (Å²) in [6, 6.07) is 1.63. The summed E-state index contributed by atoms with van der Waals surface area (Å²) in [6.07, 6.45) is -2.02. The maximum absolute atomic E-state index is 11.9. The summed E-state index contributed by atoms with van der Waals surface area (Å²) in [5.74, 6) is 0. The molecule has 102 valence electrons. The van der Waals surface area contributed by atoms with Crippen molar-refractivity contribution in [3.05, 3.63) is 32.3 Å². The molecule has 1 saturated heterocycles. The van der Waals surface area contributed by atoms with Gasteiger partial charge in [-0.1, -0.05) is 0 Å². The Hall–Kier alpha value is -1.48. The first-order chi connectivity index (χ1) is 9.11. The Morgan fingerprint density at radius 2 is 2.32 bits per heavy atom. The molecule has 2 aromatic heterocycles. The number of fused-ring (bicyclic) bond motifs is 1. The number of rotatable bonds is 2. The number of hydrogen-bond donors (Lipinski definition) is 3. The Kier molecular flexibility index (Phi) is 3.02. The first kappa shape index (κ1) is 12.5. The summed E-state index contributed by atoms with van der Waals surface area (Å²) < 4.78 is 6.77. The number of hydrogen-bond acceptors (Lipinski definition) is 6. The van der Waals surface area contributed by atoms with E-state index in [1.165, 1.54) is 15.9 Å². The second-order valence-corrected chi connectivity index (χ2v) is 5.28. The van der Waals surface area contributed by atoms with Crippen molar-refractivity contribution in [2.75, 3.05) is 6.61 Å². The molecule has 0 saturated carbocycles. The molecule has 7 nitrogen and oxygen atoms in total. The third kappa shape index (κ3) is 1.93. The molecule has 0 radical (unpaired) electrons. The normalized spacial score (nSPS) is 27.2. The highest BCUT2D eigenvalue weighted by Gasteiger charge is 2.35. The maximum Gasteiger partial charge on any atom is 0.331 e. The molecule has 0 aliphatic carbocycles. The molecule has 3 heterocycles. The summed E-state index contributed by atoms with van der Waals surface area (Å²) >= 11 is 1.26. The van der Waals surface area contributed by atoms with E-state index in [9.17, 15) is 14.7 Å². The Labute approximate surface area is 110 Å². The highest BCUT2D eigenvalue weighted by molar-refractivity contribution is 7.16. The number of aliphatic hydroxyl groups excluding tert-OH is 2. The largest absolute Gasteiger partial charge is 0.394 e. The summed E-state index contributed by atoms with van der Waals surface area (Å²) in [5, 5.41) is 20.9. The SMILES string of the molecule is O=c1[nH]c(=O)n([C@H]2C[C@H](O)[C@@H](CO)O2)c2sccc12. The molecule has 0 unspecified atom stereocenters. The highest BCUT2D eigenvalue weighted by atomic mass is 32.1. The standard InChI is InChI=1S/C11H12N2O5S/c14-4-7-6(15)3-8(18-7)13-10-5(1-2-19-10)9(16)12-11(13)17/h1-2,6-8,14-15H,3-4H2,(H,12,16,17)/t6-,7+,8+/m0/s1. The summed E-state index contributed by atoms with van der Waals surface area (Å²) in [5.41, 5.74) is -1.01. The second-order valence-electron chi connectivity index (χ2n) is 4.38. The van der Waals surface area contributed by atoms with E-state index in [2.05, 4.69) is 4.98 Å². The third-order valence-corrected chi connectivity index (χ3v) is 4.13. The van der Waals surface area contributed by atoms with E-state index in [4.69, 9.17) is 9.84 Å². The van der Waals surface area contributed by atoms with Crippen LogP contribution in [0.25, 0.3) is 10.2 Å². The van der Waals surface area contributed by atoms with Crippen molar-refractivity contribution in [3.8, 4) is 0 Å². The predicted molar refractivity (Wildman–Crippen MR) is 68.3 cm³/mol. The van der Waals surface area contributed by atoms with Gasteiger partial charge in [0.15, 0.2) is 0 Å². The molecule has 1 fully saturated rings. The van der Waals surface area contributed by atoms with Gasteiger partial charge in [0.2, 0.25) is 0 Å². The van der Waals surface area contributed by atoms with E-state index in [0.29, 0.717) is 10.2 Å². The van der Waals surface area contributed by atoms with Crippen molar-refractivity contribution in [1.82, 2.24) is 9.55 Å². The zero-order chi connectivity index (χ0) is 13.6. The van der Waals surface area contributed by atoms with Gasteiger partial charge in [-0.05, 0) is 11.4 Å². The number of thiophene rings is 1. The molecule has 0 aromatic carbocycles. The molecule has 0 amide bonds. The second kappa shape index (κ2) is 4.57. The Balaban J connectivity index is 2.14. The minimum Gasteiger partial charge on any atom is -0.394 e. The fraction of sp³-hybridized carbons (Fsp3) is 0.455. The third-order valence-electron chi connectivity index (χ3n) is 3.22. The van der Waals surface area contributed by atoms with E-state index in [1.54, 1.807) is 11.4 Å². The topological polar surface area (TPSA) is 105 Å². The average Bonchev–Trinajstić information content (AvgIpc) is 2.96. The number of aromatic amines is 1. The van der Waals surface area contributed by atoms with Crippen LogP contribution in [0.4, 0.5) is 0 Å². The van der Waals surface area contributed by atoms with E-state index >= 15 is 0 Å².